The first-order chi connectivity index (χ1) is 9.66. The molecule has 0 bridgehead atoms. The normalized spacial score (nSPS) is 21.4. The molecule has 2 N–H and O–H groups in total. The van der Waals surface area contributed by atoms with Crippen LogP contribution in [0, 0.1) is 0 Å². The highest BCUT2D eigenvalue weighted by Crippen LogP contribution is 2.18. The molecule has 2 atom stereocenters. The molecule has 0 radical (unpaired) electrons. The second kappa shape index (κ2) is 7.64. The molecule has 1 saturated heterocycles. The van der Waals surface area contributed by atoms with Gasteiger partial charge in [0.15, 0.2) is 5.11 Å². The topological polar surface area (TPSA) is 40.4 Å². The van der Waals surface area contributed by atoms with Gasteiger partial charge >= 0.3 is 0 Å². The van der Waals surface area contributed by atoms with E-state index in [-0.39, 0.29) is 0 Å². The Hall–Kier alpha value is -1.07. The van der Waals surface area contributed by atoms with Crippen molar-refractivity contribution in [2.75, 3.05) is 13.1 Å². The molecule has 0 saturated carbocycles. The first-order valence-electron chi connectivity index (χ1n) is 7.46. The summed E-state index contributed by atoms with van der Waals surface area (Å²) in [6, 6.07) is 5.01. The quantitative estimate of drug-likeness (QED) is 0.817. The van der Waals surface area contributed by atoms with Crippen molar-refractivity contribution in [1.29, 1.82) is 0 Å². The van der Waals surface area contributed by atoms with Gasteiger partial charge in [-0.3, -0.25) is 4.90 Å². The second-order valence-electron chi connectivity index (χ2n) is 5.57. The predicted molar refractivity (Wildman–Crippen MR) is 85.6 cm³/mol. The molecule has 5 heteroatoms. The number of piperidine rings is 1. The van der Waals surface area contributed by atoms with Gasteiger partial charge in [0.05, 0.1) is 12.8 Å². The van der Waals surface area contributed by atoms with Gasteiger partial charge in [-0.15, -0.1) is 0 Å². The van der Waals surface area contributed by atoms with Crippen LogP contribution in [0.4, 0.5) is 0 Å². The van der Waals surface area contributed by atoms with Gasteiger partial charge in [0.25, 0.3) is 0 Å². The Morgan fingerprint density at radius 3 is 3.05 bits per heavy atom. The molecule has 0 aromatic carbocycles. The van der Waals surface area contributed by atoms with E-state index in [0.717, 1.165) is 12.3 Å². The summed E-state index contributed by atoms with van der Waals surface area (Å²) in [5.74, 6) is 0.895. The lowest BCUT2D eigenvalue weighted by Gasteiger charge is -2.38. The number of likely N-dealkylation sites (tertiary alicyclic amines) is 1. The third-order valence-electron chi connectivity index (χ3n) is 3.98. The number of rotatable bonds is 5. The van der Waals surface area contributed by atoms with Crippen LogP contribution < -0.4 is 10.6 Å². The number of nitrogens with zero attached hydrogens (tertiary/aromatic N) is 1. The molecule has 0 aliphatic carbocycles. The maximum atomic E-state index is 5.29. The van der Waals surface area contributed by atoms with Gasteiger partial charge in [-0.2, -0.15) is 0 Å². The van der Waals surface area contributed by atoms with Crippen LogP contribution in [0.2, 0.25) is 0 Å². The minimum atomic E-state index is 0.508. The van der Waals surface area contributed by atoms with Crippen molar-refractivity contribution in [2.24, 2.45) is 0 Å². The van der Waals surface area contributed by atoms with Gasteiger partial charge < -0.3 is 15.1 Å². The van der Waals surface area contributed by atoms with Crippen molar-refractivity contribution in [1.82, 2.24) is 15.5 Å². The van der Waals surface area contributed by atoms with Gasteiger partial charge in [0, 0.05) is 18.6 Å². The minimum Gasteiger partial charge on any atom is -0.467 e. The Morgan fingerprint density at radius 1 is 1.50 bits per heavy atom. The van der Waals surface area contributed by atoms with Gasteiger partial charge in [-0.25, -0.2) is 0 Å². The predicted octanol–water partition coefficient (Wildman–Crippen LogP) is 2.51. The average molecular weight is 295 g/mol. The van der Waals surface area contributed by atoms with Crippen LogP contribution in [0.15, 0.2) is 22.8 Å². The van der Waals surface area contributed by atoms with E-state index in [4.69, 9.17) is 16.6 Å². The highest BCUT2D eigenvalue weighted by molar-refractivity contribution is 7.80. The highest BCUT2D eigenvalue weighted by atomic mass is 32.1. The molecule has 1 aromatic heterocycles. The molecule has 0 spiro atoms. The summed E-state index contributed by atoms with van der Waals surface area (Å²) in [6.45, 7) is 7.31. The fourth-order valence-electron chi connectivity index (χ4n) is 2.78. The molecule has 1 aliphatic rings. The lowest BCUT2D eigenvalue weighted by molar-refractivity contribution is 0.116. The second-order valence-corrected chi connectivity index (χ2v) is 5.98. The zero-order chi connectivity index (χ0) is 14.4. The lowest BCUT2D eigenvalue weighted by Crippen LogP contribution is -2.49. The third-order valence-corrected chi connectivity index (χ3v) is 4.27. The molecule has 20 heavy (non-hydrogen) atoms. The number of hydrogen-bond acceptors (Lipinski definition) is 3. The monoisotopic (exact) mass is 295 g/mol. The first-order valence-corrected chi connectivity index (χ1v) is 7.87. The van der Waals surface area contributed by atoms with E-state index >= 15 is 0 Å². The summed E-state index contributed by atoms with van der Waals surface area (Å²) in [5, 5.41) is 7.15. The SMILES string of the molecule is C[C@@H]1CCCCN1[C@H](C)CNC(=S)NCc1ccco1. The van der Waals surface area contributed by atoms with E-state index in [2.05, 4.69) is 29.4 Å². The maximum absolute atomic E-state index is 5.29. The number of thiocarbonyl (C=S) groups is 1. The maximum Gasteiger partial charge on any atom is 0.166 e. The van der Waals surface area contributed by atoms with E-state index in [0.29, 0.717) is 23.7 Å². The molecular weight excluding hydrogens is 270 g/mol. The first kappa shape index (κ1) is 15.3. The van der Waals surface area contributed by atoms with Crippen LogP contribution in [0.1, 0.15) is 38.9 Å². The Labute approximate surface area is 126 Å². The summed E-state index contributed by atoms with van der Waals surface area (Å²) >= 11 is 5.29. The van der Waals surface area contributed by atoms with Gasteiger partial charge in [0.2, 0.25) is 0 Å². The molecule has 112 valence electrons. The fourth-order valence-corrected chi connectivity index (χ4v) is 2.93. The van der Waals surface area contributed by atoms with Gasteiger partial charge in [-0.1, -0.05) is 6.42 Å². The molecule has 0 amide bonds. The van der Waals surface area contributed by atoms with Gasteiger partial charge in [0.1, 0.15) is 5.76 Å². The van der Waals surface area contributed by atoms with Crippen LogP contribution in [0.5, 0.6) is 0 Å². The van der Waals surface area contributed by atoms with E-state index in [1.807, 2.05) is 12.1 Å². The van der Waals surface area contributed by atoms with Crippen LogP contribution in [0.25, 0.3) is 0 Å². The highest BCUT2D eigenvalue weighted by Gasteiger charge is 2.22. The summed E-state index contributed by atoms with van der Waals surface area (Å²) in [6.07, 6.45) is 5.66. The summed E-state index contributed by atoms with van der Waals surface area (Å²) in [4.78, 5) is 2.58. The lowest BCUT2D eigenvalue weighted by atomic mass is 10.0. The van der Waals surface area contributed by atoms with Crippen molar-refractivity contribution < 1.29 is 4.42 Å². The Morgan fingerprint density at radius 2 is 2.35 bits per heavy atom. The fraction of sp³-hybridized carbons (Fsp3) is 0.667. The Kier molecular flexibility index (Phi) is 5.86. The van der Waals surface area contributed by atoms with Crippen molar-refractivity contribution in [3.05, 3.63) is 24.2 Å². The molecule has 1 aliphatic heterocycles. The average Bonchev–Trinajstić information content (AvgIpc) is 2.96. The minimum absolute atomic E-state index is 0.508. The molecule has 0 unspecified atom stereocenters. The van der Waals surface area contributed by atoms with Crippen LogP contribution in [-0.2, 0) is 6.54 Å². The van der Waals surface area contributed by atoms with Crippen molar-refractivity contribution in [3.8, 4) is 0 Å². The van der Waals surface area contributed by atoms with E-state index < -0.39 is 0 Å². The van der Waals surface area contributed by atoms with Crippen molar-refractivity contribution in [3.63, 3.8) is 0 Å². The molecule has 2 heterocycles. The summed E-state index contributed by atoms with van der Waals surface area (Å²) in [7, 11) is 0. The van der Waals surface area contributed by atoms with Crippen LogP contribution in [0.3, 0.4) is 0 Å². The van der Waals surface area contributed by atoms with Crippen LogP contribution in [-0.4, -0.2) is 35.2 Å². The molecule has 1 fully saturated rings. The molecular formula is C15H25N3OS. The van der Waals surface area contributed by atoms with E-state index in [9.17, 15) is 0 Å². The molecule has 1 aromatic rings. The molecule has 4 nitrogen and oxygen atoms in total. The zero-order valence-corrected chi connectivity index (χ0v) is 13.2. The standard InChI is InChI=1S/C15H25N3OS/c1-12-6-3-4-8-18(12)13(2)10-16-15(20)17-11-14-7-5-9-19-14/h5,7,9,12-13H,3-4,6,8,10-11H2,1-2H3,(H2,16,17,20)/t12-,13-/m1/s1. The summed E-state index contributed by atoms with van der Waals surface area (Å²) in [5.41, 5.74) is 0. The van der Waals surface area contributed by atoms with Gasteiger partial charge in [-0.05, 0) is 57.6 Å². The smallest absolute Gasteiger partial charge is 0.166 e. The largest absolute Gasteiger partial charge is 0.467 e. The van der Waals surface area contributed by atoms with E-state index in [1.54, 1.807) is 6.26 Å². The molecule has 2 rings (SSSR count). The Balaban J connectivity index is 1.67. The third kappa shape index (κ3) is 4.49. The van der Waals surface area contributed by atoms with Crippen LogP contribution >= 0.6 is 12.2 Å². The van der Waals surface area contributed by atoms with E-state index in [1.165, 1.54) is 25.8 Å². The number of nitrogens with one attached hydrogen (secondary N) is 2. The number of hydrogen-bond donors (Lipinski definition) is 2. The van der Waals surface area contributed by atoms with Crippen molar-refractivity contribution in [2.45, 2.75) is 51.7 Å². The number of furan rings is 1. The zero-order valence-electron chi connectivity index (χ0n) is 12.4. The van der Waals surface area contributed by atoms with Crippen molar-refractivity contribution >= 4 is 17.3 Å². The summed E-state index contributed by atoms with van der Waals surface area (Å²) < 4.78 is 5.26. The Bertz CT molecular complexity index is 407.